The van der Waals surface area contributed by atoms with Gasteiger partial charge >= 0.3 is 6.03 Å². The first-order valence-electron chi connectivity index (χ1n) is 7.98. The summed E-state index contributed by atoms with van der Waals surface area (Å²) in [5, 5.41) is 11.7. The highest BCUT2D eigenvalue weighted by atomic mass is 16.5. The lowest BCUT2D eigenvalue weighted by atomic mass is 9.92. The van der Waals surface area contributed by atoms with Gasteiger partial charge in [0.1, 0.15) is 5.69 Å². The molecule has 1 N–H and O–H groups in total. The third-order valence-electron chi connectivity index (χ3n) is 4.08. The van der Waals surface area contributed by atoms with E-state index in [1.807, 2.05) is 4.68 Å². The van der Waals surface area contributed by atoms with Crippen LogP contribution in [0.1, 0.15) is 32.2 Å². The number of carbonyl (C=O) groups excluding carboxylic acids is 1. The van der Waals surface area contributed by atoms with Gasteiger partial charge in [-0.15, -0.1) is 5.10 Å². The lowest BCUT2D eigenvalue weighted by Crippen LogP contribution is -2.40. The second kappa shape index (κ2) is 5.85. The number of nitrogens with one attached hydrogen (secondary N) is 1. The van der Waals surface area contributed by atoms with E-state index in [1.165, 1.54) is 7.11 Å². The fraction of sp³-hybridized carbons (Fsp3) is 0.562. The summed E-state index contributed by atoms with van der Waals surface area (Å²) in [6.45, 7) is 8.27. The summed E-state index contributed by atoms with van der Waals surface area (Å²) in [5.74, 6) is 0.405. The van der Waals surface area contributed by atoms with E-state index < -0.39 is 0 Å². The van der Waals surface area contributed by atoms with Crippen LogP contribution < -0.4 is 10.1 Å². The first kappa shape index (κ1) is 16.4. The van der Waals surface area contributed by atoms with Crippen LogP contribution >= 0.6 is 0 Å². The second-order valence-electron chi connectivity index (χ2n) is 7.07. The summed E-state index contributed by atoms with van der Waals surface area (Å²) in [4.78, 5) is 14.3. The molecule has 0 radical (unpaired) electrons. The molecule has 130 valence electrons. The Bertz CT molecular complexity index is 755. The minimum absolute atomic E-state index is 0.000499. The van der Waals surface area contributed by atoms with Crippen LogP contribution in [0.2, 0.25) is 0 Å². The third-order valence-corrected chi connectivity index (χ3v) is 4.08. The molecule has 24 heavy (non-hydrogen) atoms. The van der Waals surface area contributed by atoms with Crippen molar-refractivity contribution in [2.24, 2.45) is 7.05 Å². The number of hydrogen-bond acceptors (Lipinski definition) is 4. The predicted octanol–water partition coefficient (Wildman–Crippen LogP) is 1.97. The van der Waals surface area contributed by atoms with Crippen LogP contribution in [0.25, 0.3) is 0 Å². The number of amides is 2. The van der Waals surface area contributed by atoms with Gasteiger partial charge in [0.15, 0.2) is 0 Å². The Hall–Kier alpha value is -2.51. The van der Waals surface area contributed by atoms with E-state index in [-0.39, 0.29) is 11.4 Å². The summed E-state index contributed by atoms with van der Waals surface area (Å²) in [5.41, 5.74) is 2.67. The predicted molar refractivity (Wildman–Crippen MR) is 90.1 cm³/mol. The van der Waals surface area contributed by atoms with Crippen molar-refractivity contribution in [3.8, 4) is 5.88 Å². The van der Waals surface area contributed by atoms with Crippen molar-refractivity contribution in [3.05, 3.63) is 23.7 Å². The number of hydrogen-bond donors (Lipinski definition) is 1. The standard InChI is InChI=1S/C16H24N6O2/c1-16(2,3)13-8-11-9-21(6-7-22(11)18-13)15(23)17-12-10-20(4)19-14(12)24-5/h8,10H,6-7,9H2,1-5H3,(H,17,23). The van der Waals surface area contributed by atoms with Crippen molar-refractivity contribution >= 4 is 11.7 Å². The van der Waals surface area contributed by atoms with Crippen LogP contribution in [0.5, 0.6) is 5.88 Å². The van der Waals surface area contributed by atoms with Gasteiger partial charge in [-0.05, 0) is 6.07 Å². The molecular weight excluding hydrogens is 308 g/mol. The summed E-state index contributed by atoms with van der Waals surface area (Å²) in [7, 11) is 3.32. The molecule has 8 nitrogen and oxygen atoms in total. The molecule has 8 heteroatoms. The highest BCUT2D eigenvalue weighted by Gasteiger charge is 2.26. The zero-order valence-electron chi connectivity index (χ0n) is 14.8. The van der Waals surface area contributed by atoms with Crippen LogP contribution in [0.15, 0.2) is 12.3 Å². The smallest absolute Gasteiger partial charge is 0.322 e. The lowest BCUT2D eigenvalue weighted by molar-refractivity contribution is 0.194. The Balaban J connectivity index is 1.73. The molecule has 0 unspecified atom stereocenters. The lowest BCUT2D eigenvalue weighted by Gasteiger charge is -2.27. The molecule has 1 aliphatic heterocycles. The quantitative estimate of drug-likeness (QED) is 0.912. The normalized spacial score (nSPS) is 14.5. The highest BCUT2D eigenvalue weighted by molar-refractivity contribution is 5.90. The largest absolute Gasteiger partial charge is 0.478 e. The van der Waals surface area contributed by atoms with Crippen molar-refractivity contribution in [2.75, 3.05) is 19.0 Å². The molecule has 1 aliphatic rings. The minimum Gasteiger partial charge on any atom is -0.478 e. The van der Waals surface area contributed by atoms with Gasteiger partial charge in [-0.2, -0.15) is 5.10 Å². The number of nitrogens with zero attached hydrogens (tertiary/aromatic N) is 5. The molecular formula is C16H24N6O2. The minimum atomic E-state index is -0.161. The zero-order chi connectivity index (χ0) is 17.5. The van der Waals surface area contributed by atoms with E-state index in [1.54, 1.807) is 22.8 Å². The van der Waals surface area contributed by atoms with Gasteiger partial charge in [-0.1, -0.05) is 20.8 Å². The zero-order valence-corrected chi connectivity index (χ0v) is 14.8. The topological polar surface area (TPSA) is 77.2 Å². The highest BCUT2D eigenvalue weighted by Crippen LogP contribution is 2.25. The Kier molecular flexibility index (Phi) is 3.98. The van der Waals surface area contributed by atoms with Crippen LogP contribution in [0, 0.1) is 0 Å². The van der Waals surface area contributed by atoms with E-state index in [0.717, 1.165) is 11.4 Å². The number of methoxy groups -OCH3 is 1. The molecule has 3 rings (SSSR count). The molecule has 2 aromatic rings. The summed E-state index contributed by atoms with van der Waals surface area (Å²) in [6, 6.07) is 1.93. The van der Waals surface area contributed by atoms with Crippen molar-refractivity contribution in [1.29, 1.82) is 0 Å². The first-order chi connectivity index (χ1) is 11.3. The Morgan fingerprint density at radius 3 is 2.71 bits per heavy atom. The van der Waals surface area contributed by atoms with Crippen LogP contribution in [-0.2, 0) is 25.6 Å². The number of aromatic nitrogens is 4. The molecule has 0 aliphatic carbocycles. The summed E-state index contributed by atoms with van der Waals surface area (Å²) >= 11 is 0. The van der Waals surface area contributed by atoms with E-state index >= 15 is 0 Å². The van der Waals surface area contributed by atoms with Gasteiger partial charge < -0.3 is 15.0 Å². The number of ether oxygens (including phenoxy) is 1. The molecule has 3 heterocycles. The van der Waals surface area contributed by atoms with E-state index in [9.17, 15) is 4.79 Å². The van der Waals surface area contributed by atoms with Crippen molar-refractivity contribution in [2.45, 2.75) is 39.3 Å². The number of urea groups is 1. The number of aryl methyl sites for hydroxylation is 1. The van der Waals surface area contributed by atoms with E-state index in [4.69, 9.17) is 4.74 Å². The second-order valence-corrected chi connectivity index (χ2v) is 7.07. The van der Waals surface area contributed by atoms with Gasteiger partial charge in [0.25, 0.3) is 5.88 Å². The average molecular weight is 332 g/mol. The van der Waals surface area contributed by atoms with Crippen molar-refractivity contribution in [3.63, 3.8) is 0 Å². The van der Waals surface area contributed by atoms with Gasteiger partial charge in [-0.25, -0.2) is 4.79 Å². The third kappa shape index (κ3) is 3.08. The molecule has 0 bridgehead atoms. The molecule has 0 saturated heterocycles. The Morgan fingerprint density at radius 1 is 1.29 bits per heavy atom. The van der Waals surface area contributed by atoms with Crippen LogP contribution in [0.4, 0.5) is 10.5 Å². The molecule has 0 atom stereocenters. The Morgan fingerprint density at radius 2 is 2.04 bits per heavy atom. The molecule has 2 aromatic heterocycles. The van der Waals surface area contributed by atoms with E-state index in [0.29, 0.717) is 31.2 Å². The molecule has 2 amide bonds. The van der Waals surface area contributed by atoms with Gasteiger partial charge in [0, 0.05) is 19.0 Å². The van der Waals surface area contributed by atoms with Gasteiger partial charge in [-0.3, -0.25) is 9.36 Å². The molecule has 0 saturated carbocycles. The summed E-state index contributed by atoms with van der Waals surface area (Å²) < 4.78 is 8.77. The van der Waals surface area contributed by atoms with Crippen LogP contribution in [0.3, 0.4) is 0 Å². The number of anilines is 1. The average Bonchev–Trinajstić information content (AvgIpc) is 3.09. The monoisotopic (exact) mass is 332 g/mol. The molecule has 0 fully saturated rings. The number of rotatable bonds is 2. The summed E-state index contributed by atoms with van der Waals surface area (Å²) in [6.07, 6.45) is 1.72. The fourth-order valence-corrected chi connectivity index (χ4v) is 2.71. The maximum atomic E-state index is 12.6. The molecule has 0 aromatic carbocycles. The van der Waals surface area contributed by atoms with Gasteiger partial charge in [0.05, 0.1) is 37.8 Å². The maximum absolute atomic E-state index is 12.6. The molecule has 0 spiro atoms. The maximum Gasteiger partial charge on any atom is 0.322 e. The van der Waals surface area contributed by atoms with Gasteiger partial charge in [0.2, 0.25) is 0 Å². The fourth-order valence-electron chi connectivity index (χ4n) is 2.71. The van der Waals surface area contributed by atoms with Crippen molar-refractivity contribution in [1.82, 2.24) is 24.5 Å². The number of fused-ring (bicyclic) bond motifs is 1. The van der Waals surface area contributed by atoms with E-state index in [2.05, 4.69) is 42.4 Å². The Labute approximate surface area is 141 Å². The SMILES string of the molecule is COc1nn(C)cc1NC(=O)N1CCn2nc(C(C)(C)C)cc2C1. The first-order valence-corrected chi connectivity index (χ1v) is 7.98. The van der Waals surface area contributed by atoms with Crippen LogP contribution in [-0.4, -0.2) is 44.1 Å². The number of carbonyl (C=O) groups is 1. The van der Waals surface area contributed by atoms with Crippen molar-refractivity contribution < 1.29 is 9.53 Å².